The van der Waals surface area contributed by atoms with E-state index in [1.807, 2.05) is 36.4 Å². The maximum Gasteiger partial charge on any atom is 0.227 e. The first kappa shape index (κ1) is 22.1. The van der Waals surface area contributed by atoms with E-state index in [0.29, 0.717) is 37.7 Å². The van der Waals surface area contributed by atoms with Crippen LogP contribution in [-0.4, -0.2) is 28.6 Å². The van der Waals surface area contributed by atoms with Gasteiger partial charge in [-0.25, -0.2) is 9.37 Å². The lowest BCUT2D eigenvalue weighted by Crippen LogP contribution is -2.24. The van der Waals surface area contributed by atoms with Crippen LogP contribution in [0.4, 0.5) is 10.1 Å². The first-order chi connectivity index (χ1) is 16.5. The molecule has 3 aromatic carbocycles. The highest BCUT2D eigenvalue weighted by Gasteiger charge is 2.35. The van der Waals surface area contributed by atoms with Crippen LogP contribution in [-0.2, 0) is 11.3 Å². The van der Waals surface area contributed by atoms with Crippen molar-refractivity contribution in [3.63, 3.8) is 0 Å². The summed E-state index contributed by atoms with van der Waals surface area (Å²) >= 11 is 0. The number of ether oxygens (including phenoxy) is 1. The van der Waals surface area contributed by atoms with Crippen molar-refractivity contribution in [2.24, 2.45) is 0 Å². The summed E-state index contributed by atoms with van der Waals surface area (Å²) in [6, 6.07) is 22.3. The smallest absolute Gasteiger partial charge is 0.227 e. The third-order valence-electron chi connectivity index (χ3n) is 6.41. The van der Waals surface area contributed by atoms with Gasteiger partial charge in [0.2, 0.25) is 5.91 Å². The molecule has 174 valence electrons. The number of halogens is 1. The topological polar surface area (TPSA) is 47.4 Å². The highest BCUT2D eigenvalue weighted by molar-refractivity contribution is 5.96. The fourth-order valence-electron chi connectivity index (χ4n) is 4.75. The number of anilines is 1. The van der Waals surface area contributed by atoms with Crippen molar-refractivity contribution in [1.82, 2.24) is 9.55 Å². The predicted molar refractivity (Wildman–Crippen MR) is 132 cm³/mol. The molecule has 1 amide bonds. The number of imidazole rings is 1. The maximum absolute atomic E-state index is 13.8. The van der Waals surface area contributed by atoms with E-state index in [1.165, 1.54) is 17.7 Å². The summed E-state index contributed by atoms with van der Waals surface area (Å²) in [5, 5.41) is 0. The maximum atomic E-state index is 13.8. The highest BCUT2D eigenvalue weighted by atomic mass is 19.1. The van der Waals surface area contributed by atoms with Crippen molar-refractivity contribution in [2.45, 2.75) is 38.6 Å². The lowest BCUT2D eigenvalue weighted by molar-refractivity contribution is -0.117. The molecular formula is C28H28FN3O2. The Balaban J connectivity index is 1.40. The number of para-hydroxylation sites is 3. The zero-order valence-corrected chi connectivity index (χ0v) is 19.4. The molecule has 1 unspecified atom stereocenters. The summed E-state index contributed by atoms with van der Waals surface area (Å²) in [4.78, 5) is 19.4. The standard InChI is InChI=1S/C28H28FN3O2/c1-19(2)23-10-3-6-13-26(23)34-15-14-31-25-12-5-4-11-24(25)30-28(31)20-16-27(33)32(18-20)22-9-7-8-21(29)17-22/h3-13,17,19-20H,14-16,18H2,1-2H3. The molecule has 5 rings (SSSR count). The third kappa shape index (κ3) is 4.28. The zero-order chi connectivity index (χ0) is 23.7. The number of hydrogen-bond acceptors (Lipinski definition) is 3. The van der Waals surface area contributed by atoms with Crippen molar-refractivity contribution >= 4 is 22.6 Å². The van der Waals surface area contributed by atoms with Crippen LogP contribution in [0.1, 0.15) is 43.5 Å². The average Bonchev–Trinajstić information content (AvgIpc) is 3.40. The normalized spacial score (nSPS) is 16.1. The molecule has 1 aromatic heterocycles. The second kappa shape index (κ2) is 9.29. The minimum atomic E-state index is -0.347. The van der Waals surface area contributed by atoms with E-state index in [9.17, 15) is 9.18 Å². The average molecular weight is 458 g/mol. The fraction of sp³-hybridized carbons (Fsp3) is 0.286. The third-order valence-corrected chi connectivity index (χ3v) is 6.41. The van der Waals surface area contributed by atoms with Crippen LogP contribution < -0.4 is 9.64 Å². The van der Waals surface area contributed by atoms with Gasteiger partial charge in [0.05, 0.1) is 17.6 Å². The van der Waals surface area contributed by atoms with Crippen LogP contribution in [0.5, 0.6) is 5.75 Å². The highest BCUT2D eigenvalue weighted by Crippen LogP contribution is 2.33. The number of carbonyl (C=O) groups excluding carboxylic acids is 1. The second-order valence-corrected chi connectivity index (χ2v) is 9.04. The van der Waals surface area contributed by atoms with E-state index >= 15 is 0 Å². The number of hydrogen-bond donors (Lipinski definition) is 0. The van der Waals surface area contributed by atoms with Gasteiger partial charge in [0.15, 0.2) is 0 Å². The van der Waals surface area contributed by atoms with Gasteiger partial charge in [-0.15, -0.1) is 0 Å². The van der Waals surface area contributed by atoms with Gasteiger partial charge < -0.3 is 14.2 Å². The van der Waals surface area contributed by atoms with Crippen LogP contribution in [0.15, 0.2) is 72.8 Å². The molecule has 2 heterocycles. The molecule has 1 aliphatic heterocycles. The minimum Gasteiger partial charge on any atom is -0.491 e. The molecular weight excluding hydrogens is 429 g/mol. The minimum absolute atomic E-state index is 0.0173. The number of rotatable bonds is 7. The van der Waals surface area contributed by atoms with Gasteiger partial charge in [0.25, 0.3) is 0 Å². The van der Waals surface area contributed by atoms with E-state index in [0.717, 1.165) is 22.6 Å². The lowest BCUT2D eigenvalue weighted by atomic mass is 10.0. The zero-order valence-electron chi connectivity index (χ0n) is 19.4. The van der Waals surface area contributed by atoms with E-state index in [-0.39, 0.29) is 17.6 Å². The van der Waals surface area contributed by atoms with E-state index in [2.05, 4.69) is 30.5 Å². The van der Waals surface area contributed by atoms with Gasteiger partial charge in [0.1, 0.15) is 24.0 Å². The van der Waals surface area contributed by atoms with Gasteiger partial charge in [-0.2, -0.15) is 0 Å². The summed E-state index contributed by atoms with van der Waals surface area (Å²) in [5.74, 6) is 1.70. The molecule has 1 saturated heterocycles. The van der Waals surface area contributed by atoms with Gasteiger partial charge in [0, 0.05) is 24.6 Å². The number of aromatic nitrogens is 2. The number of benzene rings is 3. The summed E-state index contributed by atoms with van der Waals surface area (Å²) in [7, 11) is 0. The molecule has 34 heavy (non-hydrogen) atoms. The number of fused-ring (bicyclic) bond motifs is 1. The fourth-order valence-corrected chi connectivity index (χ4v) is 4.75. The number of nitrogens with zero attached hydrogens (tertiary/aromatic N) is 3. The molecule has 1 atom stereocenters. The van der Waals surface area contributed by atoms with Crippen LogP contribution in [0.25, 0.3) is 11.0 Å². The van der Waals surface area contributed by atoms with Crippen molar-refractivity contribution in [1.29, 1.82) is 0 Å². The van der Waals surface area contributed by atoms with Gasteiger partial charge >= 0.3 is 0 Å². The second-order valence-electron chi connectivity index (χ2n) is 9.04. The molecule has 0 aliphatic carbocycles. The Morgan fingerprint density at radius 3 is 2.68 bits per heavy atom. The Hall–Kier alpha value is -3.67. The monoisotopic (exact) mass is 457 g/mol. The van der Waals surface area contributed by atoms with Crippen LogP contribution in [0, 0.1) is 5.82 Å². The largest absolute Gasteiger partial charge is 0.491 e. The van der Waals surface area contributed by atoms with Gasteiger partial charge in [-0.05, 0) is 47.9 Å². The summed E-state index contributed by atoms with van der Waals surface area (Å²) < 4.78 is 22.1. The summed E-state index contributed by atoms with van der Waals surface area (Å²) in [6.07, 6.45) is 0.344. The first-order valence-corrected chi connectivity index (χ1v) is 11.7. The summed E-state index contributed by atoms with van der Waals surface area (Å²) in [6.45, 7) is 5.90. The molecule has 0 bridgehead atoms. The molecule has 0 spiro atoms. The molecule has 6 heteroatoms. The SMILES string of the molecule is CC(C)c1ccccc1OCCn1c(C2CC(=O)N(c3cccc(F)c3)C2)nc2ccccc21. The van der Waals surface area contributed by atoms with Crippen molar-refractivity contribution in [3.8, 4) is 5.75 Å². The Morgan fingerprint density at radius 2 is 1.85 bits per heavy atom. The predicted octanol–water partition coefficient (Wildman–Crippen LogP) is 5.90. The molecule has 1 fully saturated rings. The number of carbonyl (C=O) groups is 1. The lowest BCUT2D eigenvalue weighted by Gasteiger charge is -2.18. The van der Waals surface area contributed by atoms with E-state index in [4.69, 9.17) is 9.72 Å². The van der Waals surface area contributed by atoms with Crippen molar-refractivity contribution in [3.05, 3.63) is 90.0 Å². The Kier molecular flexibility index (Phi) is 6.05. The Morgan fingerprint density at radius 1 is 1.06 bits per heavy atom. The van der Waals surface area contributed by atoms with Gasteiger partial charge in [-0.1, -0.05) is 50.2 Å². The van der Waals surface area contributed by atoms with Crippen molar-refractivity contribution < 1.29 is 13.9 Å². The molecule has 0 N–H and O–H groups in total. The molecule has 0 saturated carbocycles. The molecule has 4 aromatic rings. The Bertz CT molecular complexity index is 1330. The quantitative estimate of drug-likeness (QED) is 0.347. The van der Waals surface area contributed by atoms with E-state index in [1.54, 1.807) is 17.0 Å². The molecule has 1 aliphatic rings. The first-order valence-electron chi connectivity index (χ1n) is 11.7. The summed E-state index contributed by atoms with van der Waals surface area (Å²) in [5.41, 5.74) is 3.70. The molecule has 0 radical (unpaired) electrons. The van der Waals surface area contributed by atoms with Crippen molar-refractivity contribution in [2.75, 3.05) is 18.1 Å². The van der Waals surface area contributed by atoms with Crippen LogP contribution in [0.3, 0.4) is 0 Å². The number of amides is 1. The Labute approximate surface area is 198 Å². The molecule has 5 nitrogen and oxygen atoms in total. The van der Waals surface area contributed by atoms with E-state index < -0.39 is 0 Å². The van der Waals surface area contributed by atoms with Crippen LogP contribution in [0.2, 0.25) is 0 Å². The van der Waals surface area contributed by atoms with Gasteiger partial charge in [-0.3, -0.25) is 4.79 Å². The van der Waals surface area contributed by atoms with Crippen LogP contribution >= 0.6 is 0 Å².